The number of hydrogen-bond acceptors (Lipinski definition) is 2. The van der Waals surface area contributed by atoms with E-state index in [0.717, 1.165) is 17.6 Å². The van der Waals surface area contributed by atoms with Crippen LogP contribution in [0.1, 0.15) is 11.1 Å². The number of nitrogens with one attached hydrogen (secondary N) is 1. The molecule has 1 N–H and O–H groups in total. The van der Waals surface area contributed by atoms with Crippen LogP contribution in [0.5, 0.6) is 0 Å². The highest BCUT2D eigenvalue weighted by Crippen LogP contribution is 2.37. The van der Waals surface area contributed by atoms with Crippen molar-refractivity contribution < 1.29 is 0 Å². The van der Waals surface area contributed by atoms with Gasteiger partial charge in [-0.1, -0.05) is 28.1 Å². The van der Waals surface area contributed by atoms with Crippen LogP contribution in [-0.4, -0.2) is 13.1 Å². The maximum absolute atomic E-state index is 3.53. The topological polar surface area (TPSA) is 15.3 Å². The van der Waals surface area contributed by atoms with E-state index in [2.05, 4.69) is 76.4 Å². The standard InChI is InChI=1S/C16H17BrN2/c1-11-3-4-12(2)16(9-11)19-8-7-18-14-10-13(17)5-6-15(14)19/h3-6,9-10,18H,7-8H2,1-2H3. The first kappa shape index (κ1) is 12.5. The van der Waals surface area contributed by atoms with E-state index >= 15 is 0 Å². The Labute approximate surface area is 122 Å². The van der Waals surface area contributed by atoms with Crippen molar-refractivity contribution in [2.75, 3.05) is 23.3 Å². The Morgan fingerprint density at radius 3 is 2.74 bits per heavy atom. The summed E-state index contributed by atoms with van der Waals surface area (Å²) < 4.78 is 1.11. The Kier molecular flexibility index (Phi) is 3.23. The van der Waals surface area contributed by atoms with Crippen molar-refractivity contribution in [3.63, 3.8) is 0 Å². The van der Waals surface area contributed by atoms with Crippen molar-refractivity contribution in [3.05, 3.63) is 52.0 Å². The summed E-state index contributed by atoms with van der Waals surface area (Å²) in [6.45, 7) is 6.29. The Morgan fingerprint density at radius 2 is 1.89 bits per heavy atom. The van der Waals surface area contributed by atoms with Crippen LogP contribution in [-0.2, 0) is 0 Å². The van der Waals surface area contributed by atoms with Crippen LogP contribution in [0, 0.1) is 13.8 Å². The fourth-order valence-corrected chi connectivity index (χ4v) is 2.93. The van der Waals surface area contributed by atoms with Crippen LogP contribution in [0.3, 0.4) is 0 Å². The zero-order chi connectivity index (χ0) is 13.4. The summed E-state index contributed by atoms with van der Waals surface area (Å²) >= 11 is 3.53. The molecule has 2 aromatic rings. The number of benzene rings is 2. The third-order valence-corrected chi connectivity index (χ3v) is 4.05. The monoisotopic (exact) mass is 316 g/mol. The van der Waals surface area contributed by atoms with Crippen molar-refractivity contribution in [1.29, 1.82) is 0 Å². The molecule has 3 heteroatoms. The summed E-state index contributed by atoms with van der Waals surface area (Å²) in [5, 5.41) is 3.47. The number of aryl methyl sites for hydroxylation is 2. The van der Waals surface area contributed by atoms with E-state index in [1.165, 1.54) is 28.2 Å². The second-order valence-corrected chi connectivity index (χ2v) is 5.95. The molecule has 0 aliphatic carbocycles. The van der Waals surface area contributed by atoms with Crippen molar-refractivity contribution in [1.82, 2.24) is 0 Å². The maximum Gasteiger partial charge on any atom is 0.0648 e. The van der Waals surface area contributed by atoms with Crippen LogP contribution in [0.4, 0.5) is 17.1 Å². The van der Waals surface area contributed by atoms with E-state index in [4.69, 9.17) is 0 Å². The highest BCUT2D eigenvalue weighted by atomic mass is 79.9. The van der Waals surface area contributed by atoms with Gasteiger partial charge in [0.05, 0.1) is 11.4 Å². The van der Waals surface area contributed by atoms with Gasteiger partial charge in [0, 0.05) is 23.2 Å². The highest BCUT2D eigenvalue weighted by molar-refractivity contribution is 9.10. The molecule has 1 aliphatic rings. The van der Waals surface area contributed by atoms with Gasteiger partial charge in [-0.25, -0.2) is 0 Å². The van der Waals surface area contributed by atoms with E-state index in [1.807, 2.05) is 0 Å². The van der Waals surface area contributed by atoms with E-state index in [-0.39, 0.29) is 0 Å². The summed E-state index contributed by atoms with van der Waals surface area (Å²) in [6, 6.07) is 13.1. The zero-order valence-electron chi connectivity index (χ0n) is 11.2. The molecular formula is C16H17BrN2. The average Bonchev–Trinajstić information content (AvgIpc) is 2.40. The molecule has 0 bridgehead atoms. The lowest BCUT2D eigenvalue weighted by molar-refractivity contribution is 0.921. The Morgan fingerprint density at radius 1 is 1.05 bits per heavy atom. The van der Waals surface area contributed by atoms with Crippen molar-refractivity contribution in [2.45, 2.75) is 13.8 Å². The molecule has 1 aliphatic heterocycles. The largest absolute Gasteiger partial charge is 0.382 e. The number of nitrogens with zero attached hydrogens (tertiary/aromatic N) is 1. The Hall–Kier alpha value is -1.48. The average molecular weight is 317 g/mol. The molecule has 0 amide bonds. The molecule has 0 saturated carbocycles. The van der Waals surface area contributed by atoms with Gasteiger partial charge in [-0.05, 0) is 49.2 Å². The van der Waals surface area contributed by atoms with Crippen molar-refractivity contribution >= 4 is 33.0 Å². The smallest absolute Gasteiger partial charge is 0.0648 e. The summed E-state index contributed by atoms with van der Waals surface area (Å²) in [4.78, 5) is 2.40. The second-order valence-electron chi connectivity index (χ2n) is 5.03. The lowest BCUT2D eigenvalue weighted by Gasteiger charge is -2.33. The van der Waals surface area contributed by atoms with E-state index < -0.39 is 0 Å². The molecule has 2 aromatic carbocycles. The van der Waals surface area contributed by atoms with Crippen LogP contribution in [0.15, 0.2) is 40.9 Å². The van der Waals surface area contributed by atoms with Crippen molar-refractivity contribution in [3.8, 4) is 0 Å². The summed E-state index contributed by atoms with van der Waals surface area (Å²) in [5.41, 5.74) is 6.38. The number of hydrogen-bond donors (Lipinski definition) is 1. The van der Waals surface area contributed by atoms with Crippen molar-refractivity contribution in [2.24, 2.45) is 0 Å². The van der Waals surface area contributed by atoms with Gasteiger partial charge in [0.25, 0.3) is 0 Å². The van der Waals surface area contributed by atoms with Gasteiger partial charge >= 0.3 is 0 Å². The molecule has 0 atom stereocenters. The van der Waals surface area contributed by atoms with Gasteiger partial charge in [0.15, 0.2) is 0 Å². The lowest BCUT2D eigenvalue weighted by Crippen LogP contribution is -2.30. The lowest BCUT2D eigenvalue weighted by atomic mass is 10.1. The number of rotatable bonds is 1. The first-order valence-electron chi connectivity index (χ1n) is 6.53. The second kappa shape index (κ2) is 4.89. The summed E-state index contributed by atoms with van der Waals surface area (Å²) in [5.74, 6) is 0. The first-order chi connectivity index (χ1) is 9.15. The molecule has 0 spiro atoms. The van der Waals surface area contributed by atoms with Gasteiger partial charge in [-0.2, -0.15) is 0 Å². The molecule has 0 radical (unpaired) electrons. The van der Waals surface area contributed by atoms with Crippen LogP contribution < -0.4 is 10.2 Å². The predicted octanol–water partition coefficient (Wildman–Crippen LogP) is 4.63. The van der Waals surface area contributed by atoms with Crippen LogP contribution in [0.25, 0.3) is 0 Å². The molecule has 0 fully saturated rings. The zero-order valence-corrected chi connectivity index (χ0v) is 12.8. The quantitative estimate of drug-likeness (QED) is 0.825. The van der Waals surface area contributed by atoms with Crippen LogP contribution >= 0.6 is 15.9 Å². The Bertz CT molecular complexity index is 622. The van der Waals surface area contributed by atoms with Gasteiger partial charge in [-0.15, -0.1) is 0 Å². The van der Waals surface area contributed by atoms with E-state index in [9.17, 15) is 0 Å². The molecular weight excluding hydrogens is 300 g/mol. The molecule has 0 aromatic heterocycles. The van der Waals surface area contributed by atoms with Crippen LogP contribution in [0.2, 0.25) is 0 Å². The van der Waals surface area contributed by atoms with Gasteiger partial charge < -0.3 is 10.2 Å². The highest BCUT2D eigenvalue weighted by Gasteiger charge is 2.19. The molecule has 3 rings (SSSR count). The van der Waals surface area contributed by atoms with E-state index in [1.54, 1.807) is 0 Å². The van der Waals surface area contributed by atoms with Gasteiger partial charge in [0.1, 0.15) is 0 Å². The Balaban J connectivity index is 2.11. The minimum absolute atomic E-state index is 0.969. The molecule has 1 heterocycles. The first-order valence-corrected chi connectivity index (χ1v) is 7.33. The number of fused-ring (bicyclic) bond motifs is 1. The third kappa shape index (κ3) is 2.35. The third-order valence-electron chi connectivity index (χ3n) is 3.56. The molecule has 0 unspecified atom stereocenters. The van der Waals surface area contributed by atoms with Gasteiger partial charge in [0.2, 0.25) is 0 Å². The molecule has 98 valence electrons. The number of anilines is 3. The summed E-state index contributed by atoms with van der Waals surface area (Å²) in [7, 11) is 0. The van der Waals surface area contributed by atoms with Gasteiger partial charge in [-0.3, -0.25) is 0 Å². The summed E-state index contributed by atoms with van der Waals surface area (Å²) in [6.07, 6.45) is 0. The molecule has 2 nitrogen and oxygen atoms in total. The molecule has 0 saturated heterocycles. The number of halogens is 1. The normalized spacial score (nSPS) is 13.9. The predicted molar refractivity (Wildman–Crippen MR) is 85.6 cm³/mol. The minimum atomic E-state index is 0.969. The fraction of sp³-hybridized carbons (Fsp3) is 0.250. The SMILES string of the molecule is Cc1ccc(C)c(N2CCNc3cc(Br)ccc32)c1. The molecule has 19 heavy (non-hydrogen) atoms. The van der Waals surface area contributed by atoms with E-state index in [0.29, 0.717) is 0 Å². The maximum atomic E-state index is 3.53. The fourth-order valence-electron chi connectivity index (χ4n) is 2.57. The minimum Gasteiger partial charge on any atom is -0.382 e.